The number of epoxide rings is 1. The SMILES string of the molecule is CC(/C=C/C(=O)O)C1CO1. The molecule has 3 nitrogen and oxygen atoms in total. The lowest BCUT2D eigenvalue weighted by molar-refractivity contribution is -0.131. The molecule has 0 saturated carbocycles. The smallest absolute Gasteiger partial charge is 0.327 e. The van der Waals surface area contributed by atoms with Crippen molar-refractivity contribution in [1.82, 2.24) is 0 Å². The second kappa shape index (κ2) is 2.84. The first-order valence-electron chi connectivity index (χ1n) is 3.23. The zero-order valence-corrected chi connectivity index (χ0v) is 5.78. The van der Waals surface area contributed by atoms with E-state index in [0.717, 1.165) is 12.7 Å². The molecular weight excluding hydrogens is 132 g/mol. The van der Waals surface area contributed by atoms with Crippen LogP contribution in [0.3, 0.4) is 0 Å². The van der Waals surface area contributed by atoms with Gasteiger partial charge in [0.05, 0.1) is 12.7 Å². The summed E-state index contributed by atoms with van der Waals surface area (Å²) in [6, 6.07) is 0. The Morgan fingerprint density at radius 2 is 2.50 bits per heavy atom. The maximum absolute atomic E-state index is 10.0. The Balaban J connectivity index is 2.28. The van der Waals surface area contributed by atoms with Crippen molar-refractivity contribution < 1.29 is 14.6 Å². The van der Waals surface area contributed by atoms with Crippen LogP contribution in [0.1, 0.15) is 6.92 Å². The molecule has 0 amide bonds. The van der Waals surface area contributed by atoms with Gasteiger partial charge in [-0.1, -0.05) is 13.0 Å². The van der Waals surface area contributed by atoms with E-state index in [0.29, 0.717) is 0 Å². The molecule has 0 spiro atoms. The molecule has 1 aliphatic rings. The highest BCUT2D eigenvalue weighted by Crippen LogP contribution is 2.20. The van der Waals surface area contributed by atoms with Gasteiger partial charge in [0.1, 0.15) is 0 Å². The molecule has 0 aromatic rings. The highest BCUT2D eigenvalue weighted by molar-refractivity contribution is 5.79. The summed E-state index contributed by atoms with van der Waals surface area (Å²) in [5, 5.41) is 8.24. The maximum atomic E-state index is 10.0. The zero-order valence-electron chi connectivity index (χ0n) is 5.78. The van der Waals surface area contributed by atoms with Crippen LogP contribution in [-0.2, 0) is 9.53 Å². The number of hydrogen-bond donors (Lipinski definition) is 1. The molecule has 1 saturated heterocycles. The summed E-state index contributed by atoms with van der Waals surface area (Å²) in [6.45, 7) is 2.71. The molecule has 56 valence electrons. The maximum Gasteiger partial charge on any atom is 0.327 e. The van der Waals surface area contributed by atoms with E-state index in [-0.39, 0.29) is 12.0 Å². The van der Waals surface area contributed by atoms with Crippen LogP contribution in [0, 0.1) is 5.92 Å². The second-order valence-corrected chi connectivity index (χ2v) is 2.43. The summed E-state index contributed by atoms with van der Waals surface area (Å²) in [6.07, 6.45) is 3.07. The lowest BCUT2D eigenvalue weighted by atomic mass is 10.1. The molecule has 1 aliphatic heterocycles. The molecule has 0 aromatic heterocycles. The monoisotopic (exact) mass is 142 g/mol. The van der Waals surface area contributed by atoms with Gasteiger partial charge in [-0.3, -0.25) is 0 Å². The molecule has 1 N–H and O–H groups in total. The van der Waals surface area contributed by atoms with Crippen LogP contribution in [0.4, 0.5) is 0 Å². The minimum Gasteiger partial charge on any atom is -0.478 e. The fourth-order valence-electron chi connectivity index (χ4n) is 0.717. The van der Waals surface area contributed by atoms with Crippen molar-refractivity contribution in [2.24, 2.45) is 5.92 Å². The minimum absolute atomic E-state index is 0.232. The van der Waals surface area contributed by atoms with Crippen molar-refractivity contribution in [1.29, 1.82) is 0 Å². The predicted octanol–water partition coefficient (Wildman–Crippen LogP) is 0.662. The average molecular weight is 142 g/mol. The Hall–Kier alpha value is -0.830. The molecule has 2 atom stereocenters. The summed E-state index contributed by atoms with van der Waals surface area (Å²) in [5.41, 5.74) is 0. The summed E-state index contributed by atoms with van der Waals surface area (Å²) < 4.78 is 4.96. The van der Waals surface area contributed by atoms with Gasteiger partial charge in [0, 0.05) is 12.0 Å². The quantitative estimate of drug-likeness (QED) is 0.465. The first-order chi connectivity index (χ1) is 4.70. The predicted molar refractivity (Wildman–Crippen MR) is 35.7 cm³/mol. The van der Waals surface area contributed by atoms with E-state index in [1.807, 2.05) is 6.92 Å². The summed E-state index contributed by atoms with van der Waals surface area (Å²) >= 11 is 0. The van der Waals surface area contributed by atoms with Gasteiger partial charge in [-0.05, 0) is 0 Å². The van der Waals surface area contributed by atoms with Gasteiger partial charge in [0.25, 0.3) is 0 Å². The molecule has 1 rings (SSSR count). The highest BCUT2D eigenvalue weighted by Gasteiger charge is 2.27. The van der Waals surface area contributed by atoms with Gasteiger partial charge in [-0.15, -0.1) is 0 Å². The van der Waals surface area contributed by atoms with E-state index in [9.17, 15) is 4.79 Å². The molecular formula is C7H10O3. The van der Waals surface area contributed by atoms with Crippen LogP contribution in [0.2, 0.25) is 0 Å². The Morgan fingerprint density at radius 3 is 2.90 bits per heavy atom. The van der Waals surface area contributed by atoms with Gasteiger partial charge in [-0.2, -0.15) is 0 Å². The third-order valence-corrected chi connectivity index (χ3v) is 1.49. The normalized spacial score (nSPS) is 26.7. The zero-order chi connectivity index (χ0) is 7.56. The number of carbonyl (C=O) groups is 1. The van der Waals surface area contributed by atoms with Crippen molar-refractivity contribution in [2.45, 2.75) is 13.0 Å². The van der Waals surface area contributed by atoms with E-state index < -0.39 is 5.97 Å². The van der Waals surface area contributed by atoms with Crippen LogP contribution in [0.5, 0.6) is 0 Å². The Kier molecular flexibility index (Phi) is 2.06. The summed E-state index contributed by atoms with van der Waals surface area (Å²) in [7, 11) is 0. The fraction of sp³-hybridized carbons (Fsp3) is 0.571. The van der Waals surface area contributed by atoms with Crippen molar-refractivity contribution in [3.8, 4) is 0 Å². The average Bonchev–Trinajstić information content (AvgIpc) is 2.63. The largest absolute Gasteiger partial charge is 0.478 e. The van der Waals surface area contributed by atoms with Crippen molar-refractivity contribution in [3.05, 3.63) is 12.2 Å². The van der Waals surface area contributed by atoms with Crippen molar-refractivity contribution in [2.75, 3.05) is 6.61 Å². The van der Waals surface area contributed by atoms with Crippen LogP contribution in [0.25, 0.3) is 0 Å². The molecule has 0 bridgehead atoms. The second-order valence-electron chi connectivity index (χ2n) is 2.43. The molecule has 2 unspecified atom stereocenters. The minimum atomic E-state index is -0.896. The topological polar surface area (TPSA) is 49.8 Å². The first kappa shape index (κ1) is 7.28. The van der Waals surface area contributed by atoms with Crippen LogP contribution in [0.15, 0.2) is 12.2 Å². The van der Waals surface area contributed by atoms with Gasteiger partial charge >= 0.3 is 5.97 Å². The summed E-state index contributed by atoms with van der Waals surface area (Å²) in [4.78, 5) is 10.0. The Morgan fingerprint density at radius 1 is 1.90 bits per heavy atom. The number of ether oxygens (including phenoxy) is 1. The fourth-order valence-corrected chi connectivity index (χ4v) is 0.717. The third kappa shape index (κ3) is 2.19. The van der Waals surface area contributed by atoms with Crippen LogP contribution < -0.4 is 0 Å². The standard InChI is InChI=1S/C7H10O3/c1-5(6-4-10-6)2-3-7(8)9/h2-3,5-6H,4H2,1H3,(H,8,9)/b3-2+. The highest BCUT2D eigenvalue weighted by atomic mass is 16.6. The third-order valence-electron chi connectivity index (χ3n) is 1.49. The van der Waals surface area contributed by atoms with Gasteiger partial charge in [-0.25, -0.2) is 4.79 Å². The van der Waals surface area contributed by atoms with Crippen molar-refractivity contribution in [3.63, 3.8) is 0 Å². The van der Waals surface area contributed by atoms with Crippen LogP contribution >= 0.6 is 0 Å². The van der Waals surface area contributed by atoms with E-state index in [1.54, 1.807) is 6.08 Å². The molecule has 10 heavy (non-hydrogen) atoms. The van der Waals surface area contributed by atoms with E-state index >= 15 is 0 Å². The molecule has 0 aromatic carbocycles. The molecule has 1 heterocycles. The summed E-state index contributed by atoms with van der Waals surface area (Å²) in [5.74, 6) is -0.663. The number of carboxylic acids is 1. The van der Waals surface area contributed by atoms with E-state index in [4.69, 9.17) is 9.84 Å². The molecule has 0 radical (unpaired) electrons. The molecule has 3 heteroatoms. The number of rotatable bonds is 3. The van der Waals surface area contributed by atoms with Gasteiger partial charge in [0.15, 0.2) is 0 Å². The van der Waals surface area contributed by atoms with Crippen molar-refractivity contribution >= 4 is 5.97 Å². The lowest BCUT2D eigenvalue weighted by Crippen LogP contribution is -1.99. The Labute approximate surface area is 59.3 Å². The molecule has 0 aliphatic carbocycles. The van der Waals surface area contributed by atoms with Gasteiger partial charge < -0.3 is 9.84 Å². The number of aliphatic carboxylic acids is 1. The number of carboxylic acid groups (broad SMARTS) is 1. The number of hydrogen-bond acceptors (Lipinski definition) is 2. The Bertz CT molecular complexity index is 158. The first-order valence-corrected chi connectivity index (χ1v) is 3.23. The van der Waals surface area contributed by atoms with Gasteiger partial charge in [0.2, 0.25) is 0 Å². The molecule has 1 fully saturated rings. The van der Waals surface area contributed by atoms with E-state index in [1.165, 1.54) is 0 Å². The van der Waals surface area contributed by atoms with E-state index in [2.05, 4.69) is 0 Å². The van der Waals surface area contributed by atoms with Crippen LogP contribution in [-0.4, -0.2) is 23.8 Å². The lowest BCUT2D eigenvalue weighted by Gasteiger charge is -1.96.